The number of sulfonamides is 1. The Morgan fingerprint density at radius 3 is 2.50 bits per heavy atom. The van der Waals surface area contributed by atoms with E-state index in [1.165, 1.54) is 19.2 Å². The number of carbonyl (C=O) groups is 1. The van der Waals surface area contributed by atoms with Crippen LogP contribution in [0.2, 0.25) is 0 Å². The first-order chi connectivity index (χ1) is 11.4. The molecule has 0 aliphatic carbocycles. The summed E-state index contributed by atoms with van der Waals surface area (Å²) in [6.45, 7) is -0.426. The van der Waals surface area contributed by atoms with Crippen molar-refractivity contribution in [3.05, 3.63) is 59.9 Å². The number of anilines is 1. The normalized spacial score (nSPS) is 10.7. The number of halogens is 1. The van der Waals surface area contributed by atoms with Gasteiger partial charge in [-0.25, -0.2) is 12.8 Å². The van der Waals surface area contributed by atoms with Gasteiger partial charge in [-0.1, -0.05) is 12.0 Å². The molecule has 0 aliphatic rings. The largest absolute Gasteiger partial charge is 0.358 e. The molecular weight excluding hydrogens is 331 g/mol. The van der Waals surface area contributed by atoms with Crippen molar-refractivity contribution in [2.24, 2.45) is 0 Å². The van der Waals surface area contributed by atoms with E-state index in [4.69, 9.17) is 6.42 Å². The maximum atomic E-state index is 13.1. The Morgan fingerprint density at radius 1 is 1.25 bits per heavy atom. The average molecular weight is 346 g/mol. The Labute approximate surface area is 140 Å². The molecule has 1 amide bonds. The number of carbonyl (C=O) groups excluding carboxylic acids is 1. The zero-order chi connectivity index (χ0) is 17.7. The van der Waals surface area contributed by atoms with E-state index in [2.05, 4.69) is 11.2 Å². The first kappa shape index (κ1) is 17.5. The van der Waals surface area contributed by atoms with Gasteiger partial charge in [-0.2, -0.15) is 0 Å². The summed E-state index contributed by atoms with van der Waals surface area (Å²) in [6.07, 6.45) is 5.34. The molecule has 0 bridgehead atoms. The van der Waals surface area contributed by atoms with Crippen molar-refractivity contribution >= 4 is 21.6 Å². The molecule has 2 rings (SSSR count). The van der Waals surface area contributed by atoms with E-state index in [-0.39, 0.29) is 10.6 Å². The van der Waals surface area contributed by atoms with Crippen molar-refractivity contribution in [3.63, 3.8) is 0 Å². The molecule has 0 saturated heterocycles. The van der Waals surface area contributed by atoms with Gasteiger partial charge >= 0.3 is 0 Å². The average Bonchev–Trinajstić information content (AvgIpc) is 2.59. The van der Waals surface area contributed by atoms with Crippen molar-refractivity contribution in [2.45, 2.75) is 4.90 Å². The second kappa shape index (κ2) is 7.15. The third kappa shape index (κ3) is 3.73. The van der Waals surface area contributed by atoms with Gasteiger partial charge in [-0.3, -0.25) is 9.10 Å². The number of nitrogens with one attached hydrogen (secondary N) is 1. The molecule has 5 nitrogen and oxygen atoms in total. The number of likely N-dealkylation sites (N-methyl/N-ethyl adjacent to an activating group) is 1. The van der Waals surface area contributed by atoms with Gasteiger partial charge in [0.05, 0.1) is 10.6 Å². The lowest BCUT2D eigenvalue weighted by molar-refractivity contribution is -0.119. The number of benzene rings is 2. The molecule has 0 saturated carbocycles. The first-order valence-corrected chi connectivity index (χ1v) is 8.38. The molecule has 0 spiro atoms. The van der Waals surface area contributed by atoms with Gasteiger partial charge in [0.25, 0.3) is 10.0 Å². The number of terminal acetylenes is 1. The molecule has 2 aromatic carbocycles. The van der Waals surface area contributed by atoms with Crippen molar-refractivity contribution in [1.82, 2.24) is 5.32 Å². The van der Waals surface area contributed by atoms with Gasteiger partial charge < -0.3 is 5.32 Å². The fourth-order valence-electron chi connectivity index (χ4n) is 2.01. The van der Waals surface area contributed by atoms with Crippen LogP contribution in [0, 0.1) is 18.2 Å². The number of nitrogens with zero attached hydrogens (tertiary/aromatic N) is 1. The summed E-state index contributed by atoms with van der Waals surface area (Å²) in [6, 6.07) is 10.6. The second-order valence-corrected chi connectivity index (χ2v) is 6.70. The molecule has 0 atom stereocenters. The van der Waals surface area contributed by atoms with Crippen LogP contribution < -0.4 is 9.62 Å². The third-order valence-electron chi connectivity index (χ3n) is 3.27. The maximum Gasteiger partial charge on any atom is 0.264 e. The molecule has 0 fully saturated rings. The Kier molecular flexibility index (Phi) is 5.21. The van der Waals surface area contributed by atoms with Crippen LogP contribution in [0.4, 0.5) is 10.1 Å². The Balaban J connectivity index is 2.54. The highest BCUT2D eigenvalue weighted by Gasteiger charge is 2.27. The van der Waals surface area contributed by atoms with Crippen LogP contribution in [-0.4, -0.2) is 27.9 Å². The molecule has 124 valence electrons. The summed E-state index contributed by atoms with van der Waals surface area (Å²) < 4.78 is 39.7. The monoisotopic (exact) mass is 346 g/mol. The van der Waals surface area contributed by atoms with E-state index in [0.29, 0.717) is 5.56 Å². The molecule has 0 heterocycles. The van der Waals surface area contributed by atoms with Gasteiger partial charge in [0.2, 0.25) is 5.91 Å². The quantitative estimate of drug-likeness (QED) is 0.839. The van der Waals surface area contributed by atoms with Gasteiger partial charge in [0.15, 0.2) is 0 Å². The summed E-state index contributed by atoms with van der Waals surface area (Å²) in [5.74, 6) is 1.37. The molecule has 0 unspecified atom stereocenters. The van der Waals surface area contributed by atoms with E-state index in [1.54, 1.807) is 12.1 Å². The van der Waals surface area contributed by atoms with Crippen LogP contribution >= 0.6 is 0 Å². The topological polar surface area (TPSA) is 66.5 Å². The highest BCUT2D eigenvalue weighted by Crippen LogP contribution is 2.24. The van der Waals surface area contributed by atoms with E-state index < -0.39 is 28.3 Å². The van der Waals surface area contributed by atoms with Crippen LogP contribution in [0.15, 0.2) is 53.4 Å². The zero-order valence-electron chi connectivity index (χ0n) is 12.9. The van der Waals surface area contributed by atoms with E-state index in [1.807, 2.05) is 0 Å². The predicted molar refractivity (Wildman–Crippen MR) is 89.4 cm³/mol. The minimum atomic E-state index is -4.06. The highest BCUT2D eigenvalue weighted by molar-refractivity contribution is 7.92. The van der Waals surface area contributed by atoms with Crippen molar-refractivity contribution in [2.75, 3.05) is 17.9 Å². The molecule has 0 aliphatic heterocycles. The van der Waals surface area contributed by atoms with Crippen molar-refractivity contribution in [3.8, 4) is 12.3 Å². The lowest BCUT2D eigenvalue weighted by Gasteiger charge is -2.24. The van der Waals surface area contributed by atoms with E-state index in [0.717, 1.165) is 28.6 Å². The second-order valence-electron chi connectivity index (χ2n) is 4.83. The third-order valence-corrected chi connectivity index (χ3v) is 5.06. The summed E-state index contributed by atoms with van der Waals surface area (Å²) in [5.41, 5.74) is 0.724. The summed E-state index contributed by atoms with van der Waals surface area (Å²) >= 11 is 0. The van der Waals surface area contributed by atoms with Gasteiger partial charge in [0.1, 0.15) is 12.4 Å². The Bertz CT molecular complexity index is 887. The van der Waals surface area contributed by atoms with Gasteiger partial charge in [-0.05, 0) is 42.5 Å². The lowest BCUT2D eigenvalue weighted by atomic mass is 10.2. The fourth-order valence-corrected chi connectivity index (χ4v) is 3.42. The fraction of sp³-hybridized carbons (Fsp3) is 0.118. The SMILES string of the molecule is C#Cc1cccc(N(CC(=O)NC)S(=O)(=O)c2ccc(F)cc2)c1. The number of rotatable bonds is 5. The van der Waals surface area contributed by atoms with Gasteiger partial charge in [-0.15, -0.1) is 6.42 Å². The van der Waals surface area contributed by atoms with Crippen LogP contribution in [0.3, 0.4) is 0 Å². The van der Waals surface area contributed by atoms with Crippen molar-refractivity contribution < 1.29 is 17.6 Å². The zero-order valence-corrected chi connectivity index (χ0v) is 13.7. The summed E-state index contributed by atoms with van der Waals surface area (Å²) in [7, 11) is -2.66. The molecule has 0 radical (unpaired) electrons. The predicted octanol–water partition coefficient (Wildman–Crippen LogP) is 1.75. The van der Waals surface area contributed by atoms with Crippen LogP contribution in [0.1, 0.15) is 5.56 Å². The number of hydrogen-bond acceptors (Lipinski definition) is 3. The first-order valence-electron chi connectivity index (χ1n) is 6.94. The smallest absolute Gasteiger partial charge is 0.264 e. The standard InChI is InChI=1S/C17H15FN2O3S/c1-3-13-5-4-6-15(11-13)20(12-17(21)19-2)24(22,23)16-9-7-14(18)8-10-16/h1,4-11H,12H2,2H3,(H,19,21). The number of amides is 1. The molecule has 1 N–H and O–H groups in total. The molecule has 7 heteroatoms. The molecular formula is C17H15FN2O3S. The molecule has 24 heavy (non-hydrogen) atoms. The molecule has 2 aromatic rings. The minimum absolute atomic E-state index is 0.126. The van der Waals surface area contributed by atoms with Crippen LogP contribution in [0.5, 0.6) is 0 Å². The Morgan fingerprint density at radius 2 is 1.92 bits per heavy atom. The van der Waals surface area contributed by atoms with Crippen LogP contribution in [0.25, 0.3) is 0 Å². The maximum absolute atomic E-state index is 13.1. The van der Waals surface area contributed by atoms with Crippen LogP contribution in [-0.2, 0) is 14.8 Å². The van der Waals surface area contributed by atoms with E-state index >= 15 is 0 Å². The minimum Gasteiger partial charge on any atom is -0.358 e. The Hall–Kier alpha value is -2.85. The lowest BCUT2D eigenvalue weighted by Crippen LogP contribution is -2.39. The van der Waals surface area contributed by atoms with Gasteiger partial charge in [0, 0.05) is 12.6 Å². The summed E-state index contributed by atoms with van der Waals surface area (Å²) in [4.78, 5) is 11.6. The number of hydrogen-bond donors (Lipinski definition) is 1. The van der Waals surface area contributed by atoms with E-state index in [9.17, 15) is 17.6 Å². The highest BCUT2D eigenvalue weighted by atomic mass is 32.2. The molecule has 0 aromatic heterocycles. The summed E-state index contributed by atoms with van der Waals surface area (Å²) in [5, 5.41) is 2.38. The van der Waals surface area contributed by atoms with Crippen molar-refractivity contribution in [1.29, 1.82) is 0 Å².